The number of fused-ring (bicyclic) bond motifs is 1. The summed E-state index contributed by atoms with van der Waals surface area (Å²) in [7, 11) is 0. The van der Waals surface area contributed by atoms with Gasteiger partial charge in [-0.1, -0.05) is 19.1 Å². The predicted octanol–water partition coefficient (Wildman–Crippen LogP) is 3.44. The summed E-state index contributed by atoms with van der Waals surface area (Å²) in [5.74, 6) is -2.53. The van der Waals surface area contributed by atoms with Crippen LogP contribution >= 0.6 is 0 Å². The SMILES string of the molecule is CCc1ccc(NC(=O)COC(=O)CCc2c(C)nc3nc(C(F)(F)F)nn3c2C)cc1. The molecular formula is C21H22F3N5O3. The second-order valence-electron chi connectivity index (χ2n) is 7.17. The Bertz CT molecular complexity index is 1140. The third-order valence-electron chi connectivity index (χ3n) is 4.89. The highest BCUT2D eigenvalue weighted by molar-refractivity contribution is 5.92. The number of ether oxygens (including phenoxy) is 1. The van der Waals surface area contributed by atoms with Gasteiger partial charge >= 0.3 is 12.1 Å². The molecule has 0 atom stereocenters. The third-order valence-corrected chi connectivity index (χ3v) is 4.89. The first-order valence-corrected chi connectivity index (χ1v) is 9.93. The Morgan fingerprint density at radius 2 is 1.81 bits per heavy atom. The number of hydrogen-bond donors (Lipinski definition) is 1. The Labute approximate surface area is 181 Å². The van der Waals surface area contributed by atoms with Crippen LogP contribution in [0.5, 0.6) is 0 Å². The van der Waals surface area contributed by atoms with E-state index in [0.29, 0.717) is 22.6 Å². The van der Waals surface area contributed by atoms with Crippen molar-refractivity contribution in [3.8, 4) is 0 Å². The fraction of sp³-hybridized carbons (Fsp3) is 0.381. The van der Waals surface area contributed by atoms with Gasteiger partial charge in [-0.05, 0) is 49.9 Å². The van der Waals surface area contributed by atoms with Crippen LogP contribution in [0.4, 0.5) is 18.9 Å². The van der Waals surface area contributed by atoms with Gasteiger partial charge in [0.2, 0.25) is 0 Å². The smallest absolute Gasteiger partial charge is 0.453 e. The number of amides is 1. The second-order valence-corrected chi connectivity index (χ2v) is 7.17. The minimum atomic E-state index is -4.68. The molecule has 2 aromatic heterocycles. The standard InChI is InChI=1S/C21H22F3N5O3/c1-4-14-5-7-15(8-6-14)26-17(30)11-32-18(31)10-9-16-12(2)25-20-27-19(21(22,23)24)28-29(20)13(16)3/h5-8H,4,9-11H2,1-3H3,(H,26,30). The summed E-state index contributed by atoms with van der Waals surface area (Å²) < 4.78 is 44.6. The van der Waals surface area contributed by atoms with Gasteiger partial charge < -0.3 is 10.1 Å². The number of benzene rings is 1. The highest BCUT2D eigenvalue weighted by Crippen LogP contribution is 2.27. The zero-order chi connectivity index (χ0) is 23.5. The molecule has 0 unspecified atom stereocenters. The summed E-state index contributed by atoms with van der Waals surface area (Å²) in [5.41, 5.74) is 3.13. The van der Waals surface area contributed by atoms with E-state index in [0.717, 1.165) is 16.5 Å². The Balaban J connectivity index is 1.57. The molecule has 0 saturated heterocycles. The van der Waals surface area contributed by atoms with Crippen molar-refractivity contribution in [2.75, 3.05) is 11.9 Å². The van der Waals surface area contributed by atoms with E-state index < -0.39 is 30.5 Å². The van der Waals surface area contributed by atoms with Crippen LogP contribution in [0.25, 0.3) is 5.78 Å². The van der Waals surface area contributed by atoms with Gasteiger partial charge in [0.25, 0.3) is 17.5 Å². The molecule has 1 N–H and O–H groups in total. The van der Waals surface area contributed by atoms with Gasteiger partial charge in [-0.3, -0.25) is 9.59 Å². The topological polar surface area (TPSA) is 98.5 Å². The summed E-state index contributed by atoms with van der Waals surface area (Å²) in [6, 6.07) is 7.32. The molecule has 0 fully saturated rings. The fourth-order valence-corrected chi connectivity index (χ4v) is 3.16. The van der Waals surface area contributed by atoms with E-state index in [-0.39, 0.29) is 18.6 Å². The second kappa shape index (κ2) is 9.33. The van der Waals surface area contributed by atoms with E-state index in [1.165, 1.54) is 0 Å². The molecule has 2 heterocycles. The predicted molar refractivity (Wildman–Crippen MR) is 109 cm³/mol. The molecule has 3 aromatic rings. The number of carbonyl (C=O) groups is 2. The number of carbonyl (C=O) groups excluding carboxylic acids is 2. The molecule has 8 nitrogen and oxygen atoms in total. The number of hydrogen-bond acceptors (Lipinski definition) is 6. The molecule has 170 valence electrons. The number of nitrogens with one attached hydrogen (secondary N) is 1. The third kappa shape index (κ3) is 5.40. The van der Waals surface area contributed by atoms with Gasteiger partial charge in [-0.25, -0.2) is 9.50 Å². The number of esters is 1. The number of alkyl halides is 3. The minimum absolute atomic E-state index is 0.0752. The summed E-state index contributed by atoms with van der Waals surface area (Å²) in [5, 5.41) is 6.11. The Morgan fingerprint density at radius 3 is 2.44 bits per heavy atom. The first kappa shape index (κ1) is 23.2. The summed E-state index contributed by atoms with van der Waals surface area (Å²) in [4.78, 5) is 31.5. The molecule has 1 amide bonds. The molecule has 1 aromatic carbocycles. The molecule has 0 bridgehead atoms. The lowest BCUT2D eigenvalue weighted by Gasteiger charge is -2.10. The first-order valence-electron chi connectivity index (χ1n) is 9.93. The molecule has 3 rings (SSSR count). The molecule has 0 saturated carbocycles. The maximum absolute atomic E-state index is 12.9. The van der Waals surface area contributed by atoms with Crippen LogP contribution in [0.1, 0.15) is 41.7 Å². The summed E-state index contributed by atoms with van der Waals surface area (Å²) in [6.07, 6.45) is -3.71. The summed E-state index contributed by atoms with van der Waals surface area (Å²) >= 11 is 0. The van der Waals surface area contributed by atoms with E-state index in [4.69, 9.17) is 4.74 Å². The normalized spacial score (nSPS) is 11.6. The van der Waals surface area contributed by atoms with Gasteiger partial charge in [0, 0.05) is 23.5 Å². The van der Waals surface area contributed by atoms with Crippen LogP contribution in [0.2, 0.25) is 0 Å². The highest BCUT2D eigenvalue weighted by atomic mass is 19.4. The van der Waals surface area contributed by atoms with Crippen molar-refractivity contribution in [3.63, 3.8) is 0 Å². The molecule has 0 radical (unpaired) electrons. The van der Waals surface area contributed by atoms with Crippen LogP contribution in [0.3, 0.4) is 0 Å². The average molecular weight is 449 g/mol. The highest BCUT2D eigenvalue weighted by Gasteiger charge is 2.37. The van der Waals surface area contributed by atoms with Gasteiger partial charge in [-0.15, -0.1) is 5.10 Å². The van der Waals surface area contributed by atoms with Crippen molar-refractivity contribution in [3.05, 3.63) is 52.6 Å². The van der Waals surface area contributed by atoms with Gasteiger partial charge in [-0.2, -0.15) is 18.2 Å². The van der Waals surface area contributed by atoms with Crippen LogP contribution in [0.15, 0.2) is 24.3 Å². The van der Waals surface area contributed by atoms with Gasteiger partial charge in [0.15, 0.2) is 6.61 Å². The van der Waals surface area contributed by atoms with Gasteiger partial charge in [0.1, 0.15) is 0 Å². The van der Waals surface area contributed by atoms with Crippen molar-refractivity contribution in [1.29, 1.82) is 0 Å². The van der Waals surface area contributed by atoms with Crippen LogP contribution in [-0.4, -0.2) is 38.1 Å². The van der Waals surface area contributed by atoms with Crippen LogP contribution < -0.4 is 5.32 Å². The number of rotatable bonds is 7. The lowest BCUT2D eigenvalue weighted by Crippen LogP contribution is -2.21. The lowest BCUT2D eigenvalue weighted by molar-refractivity contribution is -0.147. The summed E-state index contributed by atoms with van der Waals surface area (Å²) in [6.45, 7) is 4.78. The fourth-order valence-electron chi connectivity index (χ4n) is 3.16. The van der Waals surface area contributed by atoms with Crippen LogP contribution in [0, 0.1) is 13.8 Å². The maximum atomic E-state index is 12.9. The molecule has 0 spiro atoms. The number of nitrogens with zero attached hydrogens (tertiary/aromatic N) is 4. The van der Waals surface area contributed by atoms with Gasteiger partial charge in [0.05, 0.1) is 0 Å². The van der Waals surface area contributed by atoms with Crippen molar-refractivity contribution in [1.82, 2.24) is 19.6 Å². The number of aryl methyl sites for hydroxylation is 3. The van der Waals surface area contributed by atoms with Crippen molar-refractivity contribution in [2.24, 2.45) is 0 Å². The molecule has 11 heteroatoms. The maximum Gasteiger partial charge on any atom is 0.453 e. The van der Waals surface area contributed by atoms with Crippen molar-refractivity contribution in [2.45, 2.75) is 46.2 Å². The molecule has 32 heavy (non-hydrogen) atoms. The van der Waals surface area contributed by atoms with E-state index in [9.17, 15) is 22.8 Å². The number of anilines is 1. The zero-order valence-corrected chi connectivity index (χ0v) is 17.8. The largest absolute Gasteiger partial charge is 0.456 e. The Morgan fingerprint density at radius 1 is 1.12 bits per heavy atom. The zero-order valence-electron chi connectivity index (χ0n) is 17.8. The van der Waals surface area contributed by atoms with Crippen LogP contribution in [-0.2, 0) is 33.3 Å². The quantitative estimate of drug-likeness (QED) is 0.555. The minimum Gasteiger partial charge on any atom is -0.456 e. The first-order chi connectivity index (χ1) is 15.1. The van der Waals surface area contributed by atoms with Crippen molar-refractivity contribution < 1.29 is 27.5 Å². The number of aromatic nitrogens is 4. The number of halogens is 3. The van der Waals surface area contributed by atoms with E-state index in [1.807, 2.05) is 19.1 Å². The molecule has 0 aliphatic carbocycles. The van der Waals surface area contributed by atoms with E-state index in [1.54, 1.807) is 26.0 Å². The van der Waals surface area contributed by atoms with E-state index >= 15 is 0 Å². The Kier molecular flexibility index (Phi) is 6.75. The van der Waals surface area contributed by atoms with E-state index in [2.05, 4.69) is 20.4 Å². The monoisotopic (exact) mass is 449 g/mol. The lowest BCUT2D eigenvalue weighted by atomic mass is 10.1. The molecule has 0 aliphatic rings. The molecular weight excluding hydrogens is 427 g/mol. The van der Waals surface area contributed by atoms with Crippen molar-refractivity contribution >= 4 is 23.3 Å². The molecule has 0 aliphatic heterocycles. The average Bonchev–Trinajstić information content (AvgIpc) is 3.17. The Hall–Kier alpha value is -3.50.